The Morgan fingerprint density at radius 3 is 2.83 bits per heavy atom. The molecule has 0 heterocycles. The predicted octanol–water partition coefficient (Wildman–Crippen LogP) is 3.35. The summed E-state index contributed by atoms with van der Waals surface area (Å²) in [6.45, 7) is 2.62. The molecule has 0 fully saturated rings. The molecule has 0 aliphatic rings. The molecule has 64 valence electrons. The van der Waals surface area contributed by atoms with Crippen molar-refractivity contribution in [2.24, 2.45) is 0 Å². The first-order valence-electron chi connectivity index (χ1n) is 3.87. The standard InChI is InChI=1S/C10H11ClO/c1-2-12-8-7-9-5-3-4-6-10(9)11/h3-8H,2H2,1H3/b8-7-. The van der Waals surface area contributed by atoms with Crippen LogP contribution >= 0.6 is 11.6 Å². The summed E-state index contributed by atoms with van der Waals surface area (Å²) in [5.41, 5.74) is 0.979. The van der Waals surface area contributed by atoms with Crippen LogP contribution in [0.4, 0.5) is 0 Å². The van der Waals surface area contributed by atoms with Crippen LogP contribution in [0.5, 0.6) is 0 Å². The van der Waals surface area contributed by atoms with Gasteiger partial charge in [0.25, 0.3) is 0 Å². The Bertz CT molecular complexity index is 268. The maximum Gasteiger partial charge on any atom is 0.0845 e. The van der Waals surface area contributed by atoms with E-state index in [1.807, 2.05) is 37.3 Å². The van der Waals surface area contributed by atoms with Crippen LogP contribution in [0.25, 0.3) is 6.08 Å². The second-order valence-corrected chi connectivity index (χ2v) is 2.69. The third-order valence-electron chi connectivity index (χ3n) is 1.42. The molecule has 0 N–H and O–H groups in total. The van der Waals surface area contributed by atoms with E-state index in [2.05, 4.69) is 0 Å². The van der Waals surface area contributed by atoms with E-state index in [1.54, 1.807) is 6.26 Å². The number of ether oxygens (including phenoxy) is 1. The average Bonchev–Trinajstić information content (AvgIpc) is 2.09. The average molecular weight is 183 g/mol. The molecule has 0 atom stereocenters. The van der Waals surface area contributed by atoms with Crippen LogP contribution in [-0.2, 0) is 4.74 Å². The van der Waals surface area contributed by atoms with E-state index in [9.17, 15) is 0 Å². The molecule has 0 saturated carbocycles. The van der Waals surface area contributed by atoms with Crippen molar-refractivity contribution >= 4 is 17.7 Å². The van der Waals surface area contributed by atoms with Crippen LogP contribution in [0.2, 0.25) is 5.02 Å². The van der Waals surface area contributed by atoms with Crippen LogP contribution in [-0.4, -0.2) is 6.61 Å². The summed E-state index contributed by atoms with van der Waals surface area (Å²) in [6.07, 6.45) is 3.51. The largest absolute Gasteiger partial charge is 0.501 e. The van der Waals surface area contributed by atoms with E-state index in [0.29, 0.717) is 6.61 Å². The Hall–Kier alpha value is -0.950. The van der Waals surface area contributed by atoms with Gasteiger partial charge in [0.2, 0.25) is 0 Å². The molecule has 0 amide bonds. The molecule has 2 heteroatoms. The number of benzene rings is 1. The molecule has 1 nitrogen and oxygen atoms in total. The molecule has 1 aromatic carbocycles. The van der Waals surface area contributed by atoms with Gasteiger partial charge in [0, 0.05) is 5.02 Å². The Morgan fingerprint density at radius 2 is 2.17 bits per heavy atom. The second kappa shape index (κ2) is 4.83. The van der Waals surface area contributed by atoms with Crippen LogP contribution in [0.3, 0.4) is 0 Å². The minimum atomic E-state index is 0.682. The Kier molecular flexibility index (Phi) is 3.68. The first-order chi connectivity index (χ1) is 5.84. The molecule has 0 radical (unpaired) electrons. The van der Waals surface area contributed by atoms with Crippen LogP contribution < -0.4 is 0 Å². The first-order valence-corrected chi connectivity index (χ1v) is 4.25. The van der Waals surface area contributed by atoms with Gasteiger partial charge >= 0.3 is 0 Å². The van der Waals surface area contributed by atoms with Crippen LogP contribution in [0.1, 0.15) is 12.5 Å². The fourth-order valence-corrected chi connectivity index (χ4v) is 1.03. The third-order valence-corrected chi connectivity index (χ3v) is 1.76. The normalized spacial score (nSPS) is 10.5. The van der Waals surface area contributed by atoms with Gasteiger partial charge < -0.3 is 4.74 Å². The minimum Gasteiger partial charge on any atom is -0.501 e. The molecule has 0 aromatic heterocycles. The van der Waals surface area contributed by atoms with Gasteiger partial charge in [-0.15, -0.1) is 0 Å². The quantitative estimate of drug-likeness (QED) is 0.652. The third kappa shape index (κ3) is 2.59. The first kappa shape index (κ1) is 9.14. The smallest absolute Gasteiger partial charge is 0.0845 e. The van der Waals surface area contributed by atoms with Crippen molar-refractivity contribution in [3.8, 4) is 0 Å². The SMILES string of the molecule is CCO/C=C\c1ccccc1Cl. The number of halogens is 1. The van der Waals surface area contributed by atoms with Crippen LogP contribution in [0.15, 0.2) is 30.5 Å². The van der Waals surface area contributed by atoms with E-state index in [4.69, 9.17) is 16.3 Å². The zero-order valence-electron chi connectivity index (χ0n) is 6.96. The van der Waals surface area contributed by atoms with Crippen molar-refractivity contribution in [1.29, 1.82) is 0 Å². The summed E-state index contributed by atoms with van der Waals surface area (Å²) < 4.78 is 5.05. The van der Waals surface area contributed by atoms with Crippen molar-refractivity contribution in [2.45, 2.75) is 6.92 Å². The van der Waals surface area contributed by atoms with Crippen molar-refractivity contribution in [2.75, 3.05) is 6.61 Å². The van der Waals surface area contributed by atoms with E-state index >= 15 is 0 Å². The zero-order chi connectivity index (χ0) is 8.81. The molecule has 12 heavy (non-hydrogen) atoms. The lowest BCUT2D eigenvalue weighted by atomic mass is 10.2. The highest BCUT2D eigenvalue weighted by Crippen LogP contribution is 2.15. The summed E-state index contributed by atoms with van der Waals surface area (Å²) in [7, 11) is 0. The van der Waals surface area contributed by atoms with Gasteiger partial charge in [-0.1, -0.05) is 29.8 Å². The number of hydrogen-bond acceptors (Lipinski definition) is 1. The van der Waals surface area contributed by atoms with E-state index in [1.165, 1.54) is 0 Å². The molecule has 0 aliphatic carbocycles. The van der Waals surface area contributed by atoms with E-state index in [0.717, 1.165) is 10.6 Å². The monoisotopic (exact) mass is 182 g/mol. The second-order valence-electron chi connectivity index (χ2n) is 2.28. The summed E-state index contributed by atoms with van der Waals surface area (Å²) in [4.78, 5) is 0. The molecular weight excluding hydrogens is 172 g/mol. The number of hydrogen-bond donors (Lipinski definition) is 0. The summed E-state index contributed by atoms with van der Waals surface area (Å²) in [6, 6.07) is 7.64. The molecule has 1 rings (SSSR count). The fourth-order valence-electron chi connectivity index (χ4n) is 0.828. The predicted molar refractivity (Wildman–Crippen MR) is 52.1 cm³/mol. The fraction of sp³-hybridized carbons (Fsp3) is 0.200. The van der Waals surface area contributed by atoms with Gasteiger partial charge in [0.1, 0.15) is 0 Å². The van der Waals surface area contributed by atoms with Crippen molar-refractivity contribution in [1.82, 2.24) is 0 Å². The van der Waals surface area contributed by atoms with Gasteiger partial charge in [-0.25, -0.2) is 0 Å². The molecule has 0 spiro atoms. The lowest BCUT2D eigenvalue weighted by molar-refractivity contribution is 0.272. The molecule has 1 aromatic rings. The van der Waals surface area contributed by atoms with Crippen molar-refractivity contribution in [3.05, 3.63) is 41.1 Å². The Balaban J connectivity index is 2.68. The Morgan fingerprint density at radius 1 is 1.42 bits per heavy atom. The molecule has 0 saturated heterocycles. The van der Waals surface area contributed by atoms with Gasteiger partial charge in [-0.05, 0) is 24.6 Å². The summed E-state index contributed by atoms with van der Waals surface area (Å²) in [5.74, 6) is 0. The topological polar surface area (TPSA) is 9.23 Å². The summed E-state index contributed by atoms with van der Waals surface area (Å²) in [5, 5.41) is 0.744. The summed E-state index contributed by atoms with van der Waals surface area (Å²) >= 11 is 5.90. The maximum absolute atomic E-state index is 5.90. The van der Waals surface area contributed by atoms with Gasteiger partial charge in [-0.2, -0.15) is 0 Å². The lowest BCUT2D eigenvalue weighted by Crippen LogP contribution is -1.77. The molecule has 0 bridgehead atoms. The highest BCUT2D eigenvalue weighted by molar-refractivity contribution is 6.32. The van der Waals surface area contributed by atoms with Gasteiger partial charge in [-0.3, -0.25) is 0 Å². The zero-order valence-corrected chi connectivity index (χ0v) is 7.71. The lowest BCUT2D eigenvalue weighted by Gasteiger charge is -1.96. The van der Waals surface area contributed by atoms with Crippen molar-refractivity contribution in [3.63, 3.8) is 0 Å². The van der Waals surface area contributed by atoms with E-state index in [-0.39, 0.29) is 0 Å². The van der Waals surface area contributed by atoms with E-state index < -0.39 is 0 Å². The maximum atomic E-state index is 5.90. The Labute approximate surface area is 77.6 Å². The number of rotatable bonds is 3. The highest BCUT2D eigenvalue weighted by Gasteiger charge is 1.91. The molecule has 0 unspecified atom stereocenters. The van der Waals surface area contributed by atoms with Crippen molar-refractivity contribution < 1.29 is 4.74 Å². The van der Waals surface area contributed by atoms with Crippen LogP contribution in [0, 0.1) is 0 Å². The minimum absolute atomic E-state index is 0.682. The highest BCUT2D eigenvalue weighted by atomic mass is 35.5. The molecule has 0 aliphatic heterocycles. The van der Waals surface area contributed by atoms with Gasteiger partial charge in [0.05, 0.1) is 12.9 Å². The van der Waals surface area contributed by atoms with Gasteiger partial charge in [0.15, 0.2) is 0 Å². The molecular formula is C10H11ClO.